The van der Waals surface area contributed by atoms with Gasteiger partial charge in [-0.05, 0) is 12.1 Å². The van der Waals surface area contributed by atoms with Crippen molar-refractivity contribution < 1.29 is 10.3 Å². The quantitative estimate of drug-likeness (QED) is 0.564. The molecule has 0 aliphatic rings. The molecule has 0 atom stereocenters. The molecule has 0 heterocycles. The summed E-state index contributed by atoms with van der Waals surface area (Å²) < 4.78 is 0. The number of nitrogen functional groups attached to an aromatic ring is 1. The van der Waals surface area contributed by atoms with Crippen LogP contribution in [0.3, 0.4) is 0 Å². The van der Waals surface area contributed by atoms with Gasteiger partial charge in [-0.3, -0.25) is 4.79 Å². The first kappa shape index (κ1) is 14.0. The molecule has 0 spiro atoms. The average Bonchev–Trinajstić information content (AvgIpc) is 2.07. The molecule has 1 aromatic carbocycles. The topological polar surface area (TPSA) is 86.6 Å². The van der Waals surface area contributed by atoms with Crippen LogP contribution in [0.1, 0.15) is 6.92 Å². The van der Waals surface area contributed by atoms with Gasteiger partial charge in [0.05, 0.1) is 0 Å². The summed E-state index contributed by atoms with van der Waals surface area (Å²) in [6, 6.07) is 9.49. The second kappa shape index (κ2) is 8.55. The summed E-state index contributed by atoms with van der Waals surface area (Å²) in [5.41, 5.74) is 6.18. The van der Waals surface area contributed by atoms with Crippen LogP contribution in [0.25, 0.3) is 0 Å². The highest BCUT2D eigenvalue weighted by Gasteiger charge is 1.73. The molecule has 0 aliphatic heterocycles. The van der Waals surface area contributed by atoms with Crippen LogP contribution in [-0.2, 0) is 4.79 Å². The van der Waals surface area contributed by atoms with Crippen molar-refractivity contribution in [3.63, 3.8) is 0 Å². The van der Waals surface area contributed by atoms with Crippen LogP contribution in [0.5, 0.6) is 0 Å². The number of rotatable bonds is 0. The fourth-order valence-corrected chi connectivity index (χ4v) is 0.453. The zero-order valence-corrected chi connectivity index (χ0v) is 7.87. The third kappa shape index (κ3) is 10.4. The fourth-order valence-electron chi connectivity index (χ4n) is 0.453. The van der Waals surface area contributed by atoms with E-state index in [0.29, 0.717) is 0 Å². The van der Waals surface area contributed by atoms with Gasteiger partial charge in [-0.25, -0.2) is 0 Å². The van der Waals surface area contributed by atoms with Gasteiger partial charge in [-0.15, -0.1) is 0 Å². The Morgan fingerprint density at radius 2 is 1.69 bits per heavy atom. The van der Waals surface area contributed by atoms with Gasteiger partial charge < -0.3 is 16.5 Å². The first-order valence-corrected chi connectivity index (χ1v) is 3.65. The highest BCUT2D eigenvalue weighted by molar-refractivity contribution is 5.72. The van der Waals surface area contributed by atoms with Gasteiger partial charge in [0.25, 0.3) is 0 Å². The van der Waals surface area contributed by atoms with E-state index >= 15 is 0 Å². The number of nitrogens with one attached hydrogen (secondary N) is 1. The van der Waals surface area contributed by atoms with Crippen molar-refractivity contribution >= 4 is 11.6 Å². The maximum atomic E-state index is 9.70. The van der Waals surface area contributed by atoms with Crippen molar-refractivity contribution in [1.82, 2.24) is 5.32 Å². The summed E-state index contributed by atoms with van der Waals surface area (Å²) in [6.07, 6.45) is 0. The Hall–Kier alpha value is -1.55. The van der Waals surface area contributed by atoms with Crippen LogP contribution >= 0.6 is 0 Å². The van der Waals surface area contributed by atoms with Crippen molar-refractivity contribution in [3.8, 4) is 0 Å². The van der Waals surface area contributed by atoms with E-state index in [0.717, 1.165) is 5.69 Å². The van der Waals surface area contributed by atoms with Gasteiger partial charge in [0, 0.05) is 19.7 Å². The van der Waals surface area contributed by atoms with Gasteiger partial charge in [-0.2, -0.15) is 0 Å². The molecule has 1 rings (SSSR count). The zero-order chi connectivity index (χ0) is 9.40. The standard InChI is InChI=1S/C6H7N.C3H7NO.H2O/c7-6-4-2-1-3-5-6;1-3(5)4-2;/h1-5H,7H2;1-2H3,(H,4,5);1H2. The molecule has 0 aromatic heterocycles. The predicted octanol–water partition coefficient (Wildman–Crippen LogP) is 0.196. The van der Waals surface area contributed by atoms with E-state index in [1.54, 1.807) is 7.05 Å². The maximum Gasteiger partial charge on any atom is 0.216 e. The molecule has 13 heavy (non-hydrogen) atoms. The van der Waals surface area contributed by atoms with Crippen molar-refractivity contribution in [3.05, 3.63) is 30.3 Å². The molecular weight excluding hydrogens is 168 g/mol. The second-order valence-electron chi connectivity index (χ2n) is 2.22. The minimum Gasteiger partial charge on any atom is -0.412 e. The Bertz CT molecular complexity index is 224. The molecular formula is C9H16N2O2. The molecule has 1 amide bonds. The van der Waals surface area contributed by atoms with Gasteiger partial charge >= 0.3 is 0 Å². The van der Waals surface area contributed by atoms with Crippen molar-refractivity contribution in [2.45, 2.75) is 6.92 Å². The molecule has 1 aromatic rings. The van der Waals surface area contributed by atoms with E-state index in [4.69, 9.17) is 5.73 Å². The lowest BCUT2D eigenvalue weighted by molar-refractivity contribution is -0.118. The zero-order valence-electron chi connectivity index (χ0n) is 7.87. The molecule has 0 saturated heterocycles. The predicted molar refractivity (Wildman–Crippen MR) is 54.2 cm³/mol. The summed E-state index contributed by atoms with van der Waals surface area (Å²) in [6.45, 7) is 1.47. The van der Waals surface area contributed by atoms with E-state index < -0.39 is 0 Å². The van der Waals surface area contributed by atoms with Crippen molar-refractivity contribution in [2.24, 2.45) is 0 Å². The Morgan fingerprint density at radius 3 is 1.85 bits per heavy atom. The van der Waals surface area contributed by atoms with Crippen LogP contribution in [-0.4, -0.2) is 18.4 Å². The Morgan fingerprint density at radius 1 is 1.31 bits per heavy atom. The highest BCUT2D eigenvalue weighted by atomic mass is 16.1. The number of carbonyl (C=O) groups excluding carboxylic acids is 1. The first-order valence-electron chi connectivity index (χ1n) is 3.65. The van der Waals surface area contributed by atoms with Crippen LogP contribution in [0.4, 0.5) is 5.69 Å². The van der Waals surface area contributed by atoms with Gasteiger partial charge in [-0.1, -0.05) is 18.2 Å². The second-order valence-corrected chi connectivity index (χ2v) is 2.22. The van der Waals surface area contributed by atoms with E-state index in [1.807, 2.05) is 30.3 Å². The number of carbonyl (C=O) groups is 1. The normalized spacial score (nSPS) is 7.23. The average molecular weight is 184 g/mol. The number of hydrogen-bond acceptors (Lipinski definition) is 2. The van der Waals surface area contributed by atoms with Crippen molar-refractivity contribution in [2.75, 3.05) is 12.8 Å². The molecule has 74 valence electrons. The third-order valence-corrected chi connectivity index (χ3v) is 1.15. The number of anilines is 1. The smallest absolute Gasteiger partial charge is 0.216 e. The van der Waals surface area contributed by atoms with E-state index in [-0.39, 0.29) is 11.4 Å². The Kier molecular flexibility index (Phi) is 9.20. The van der Waals surface area contributed by atoms with Gasteiger partial charge in [0.2, 0.25) is 5.91 Å². The lowest BCUT2D eigenvalue weighted by Crippen LogP contribution is -2.11. The first-order chi connectivity index (χ1) is 5.66. The van der Waals surface area contributed by atoms with E-state index in [2.05, 4.69) is 5.32 Å². The van der Waals surface area contributed by atoms with E-state index in [1.165, 1.54) is 6.92 Å². The molecule has 0 bridgehead atoms. The maximum absolute atomic E-state index is 9.70. The van der Waals surface area contributed by atoms with Gasteiger partial charge in [0.15, 0.2) is 0 Å². The summed E-state index contributed by atoms with van der Waals surface area (Å²) in [4.78, 5) is 9.70. The van der Waals surface area contributed by atoms with Crippen LogP contribution in [0.15, 0.2) is 30.3 Å². The molecule has 5 N–H and O–H groups in total. The molecule has 0 radical (unpaired) electrons. The SMILES string of the molecule is CNC(C)=O.Nc1ccccc1.O. The Labute approximate surface area is 78.1 Å². The lowest BCUT2D eigenvalue weighted by atomic mass is 10.3. The molecule has 0 aliphatic carbocycles. The highest BCUT2D eigenvalue weighted by Crippen LogP contribution is 1.95. The Balaban J connectivity index is 0. The van der Waals surface area contributed by atoms with E-state index in [9.17, 15) is 4.79 Å². The summed E-state index contributed by atoms with van der Waals surface area (Å²) >= 11 is 0. The molecule has 0 unspecified atom stereocenters. The summed E-state index contributed by atoms with van der Waals surface area (Å²) in [5.74, 6) is 0.00463. The lowest BCUT2D eigenvalue weighted by Gasteiger charge is -1.83. The molecule has 0 saturated carbocycles. The third-order valence-electron chi connectivity index (χ3n) is 1.15. The fraction of sp³-hybridized carbons (Fsp3) is 0.222. The summed E-state index contributed by atoms with van der Waals surface area (Å²) in [5, 5.41) is 2.39. The number of nitrogens with two attached hydrogens (primary N) is 1. The van der Waals surface area contributed by atoms with Gasteiger partial charge in [0.1, 0.15) is 0 Å². The molecule has 4 nitrogen and oxygen atoms in total. The molecule has 4 heteroatoms. The minimum absolute atomic E-state index is 0. The number of hydrogen-bond donors (Lipinski definition) is 2. The van der Waals surface area contributed by atoms with Crippen LogP contribution in [0, 0.1) is 0 Å². The monoisotopic (exact) mass is 184 g/mol. The summed E-state index contributed by atoms with van der Waals surface area (Å²) in [7, 11) is 1.60. The number of amides is 1. The molecule has 0 fully saturated rings. The number of para-hydroxylation sites is 1. The largest absolute Gasteiger partial charge is 0.412 e. The minimum atomic E-state index is 0. The van der Waals surface area contributed by atoms with Crippen LogP contribution < -0.4 is 11.1 Å². The van der Waals surface area contributed by atoms with Crippen molar-refractivity contribution in [1.29, 1.82) is 0 Å². The number of benzene rings is 1. The van der Waals surface area contributed by atoms with Crippen LogP contribution in [0.2, 0.25) is 0 Å².